The molecule has 0 aliphatic carbocycles. The fourth-order valence-electron chi connectivity index (χ4n) is 1.11. The molecule has 0 aliphatic rings. The SMILES string of the molecule is COC(=O)C(Br)CNCCCC(C)CO. The van der Waals surface area contributed by atoms with Crippen molar-refractivity contribution in [2.45, 2.75) is 24.6 Å². The smallest absolute Gasteiger partial charge is 0.320 e. The van der Waals surface area contributed by atoms with Crippen LogP contribution >= 0.6 is 15.9 Å². The van der Waals surface area contributed by atoms with Gasteiger partial charge in [0.2, 0.25) is 0 Å². The van der Waals surface area contributed by atoms with Gasteiger partial charge in [0.25, 0.3) is 0 Å². The number of ether oxygens (including phenoxy) is 1. The molecule has 0 saturated carbocycles. The summed E-state index contributed by atoms with van der Waals surface area (Å²) >= 11 is 3.22. The predicted molar refractivity (Wildman–Crippen MR) is 63.1 cm³/mol. The molecule has 2 atom stereocenters. The third kappa shape index (κ3) is 7.76. The van der Waals surface area contributed by atoms with Crippen LogP contribution < -0.4 is 5.32 Å². The molecule has 15 heavy (non-hydrogen) atoms. The zero-order valence-electron chi connectivity index (χ0n) is 9.33. The highest BCUT2D eigenvalue weighted by Gasteiger charge is 2.13. The second-order valence-corrected chi connectivity index (χ2v) is 4.73. The number of hydrogen-bond acceptors (Lipinski definition) is 4. The molecule has 2 unspecified atom stereocenters. The molecule has 5 heteroatoms. The molecule has 0 bridgehead atoms. The van der Waals surface area contributed by atoms with Gasteiger partial charge in [0.05, 0.1) is 7.11 Å². The third-order valence-electron chi connectivity index (χ3n) is 2.14. The van der Waals surface area contributed by atoms with Gasteiger partial charge in [-0.1, -0.05) is 22.9 Å². The summed E-state index contributed by atoms with van der Waals surface area (Å²) in [4.78, 5) is 10.7. The van der Waals surface area contributed by atoms with E-state index in [9.17, 15) is 4.79 Å². The average Bonchev–Trinajstić information content (AvgIpc) is 2.26. The summed E-state index contributed by atoms with van der Waals surface area (Å²) in [5.74, 6) is 0.0957. The van der Waals surface area contributed by atoms with Gasteiger partial charge in [-0.25, -0.2) is 0 Å². The van der Waals surface area contributed by atoms with Crippen LogP contribution in [0.15, 0.2) is 0 Å². The van der Waals surface area contributed by atoms with Crippen LogP contribution in [0.5, 0.6) is 0 Å². The van der Waals surface area contributed by atoms with Crippen LogP contribution in [0.2, 0.25) is 0 Å². The molecule has 0 heterocycles. The number of methoxy groups -OCH3 is 1. The lowest BCUT2D eigenvalue weighted by Crippen LogP contribution is -2.30. The lowest BCUT2D eigenvalue weighted by atomic mass is 10.1. The van der Waals surface area contributed by atoms with E-state index in [0.717, 1.165) is 19.4 Å². The summed E-state index contributed by atoms with van der Waals surface area (Å²) in [5.41, 5.74) is 0. The zero-order valence-corrected chi connectivity index (χ0v) is 10.9. The molecule has 90 valence electrons. The van der Waals surface area contributed by atoms with E-state index in [1.54, 1.807) is 0 Å². The first-order valence-electron chi connectivity index (χ1n) is 5.15. The van der Waals surface area contributed by atoms with Crippen LogP contribution in [0.1, 0.15) is 19.8 Å². The topological polar surface area (TPSA) is 58.6 Å². The maximum absolute atomic E-state index is 11.0. The highest BCUT2D eigenvalue weighted by Crippen LogP contribution is 2.03. The minimum atomic E-state index is -0.280. The monoisotopic (exact) mass is 281 g/mol. The second kappa shape index (κ2) is 9.12. The maximum Gasteiger partial charge on any atom is 0.320 e. The van der Waals surface area contributed by atoms with E-state index in [1.165, 1.54) is 7.11 Å². The molecular weight excluding hydrogens is 262 g/mol. The molecule has 0 spiro atoms. The van der Waals surface area contributed by atoms with Crippen molar-refractivity contribution in [2.75, 3.05) is 26.8 Å². The van der Waals surface area contributed by atoms with Crippen molar-refractivity contribution in [1.29, 1.82) is 0 Å². The van der Waals surface area contributed by atoms with Gasteiger partial charge in [0.15, 0.2) is 0 Å². The summed E-state index contributed by atoms with van der Waals surface area (Å²) < 4.78 is 4.57. The van der Waals surface area contributed by atoms with E-state index in [0.29, 0.717) is 12.5 Å². The summed E-state index contributed by atoms with van der Waals surface area (Å²) in [6.07, 6.45) is 2.00. The quantitative estimate of drug-likeness (QED) is 0.395. The van der Waals surface area contributed by atoms with Gasteiger partial charge < -0.3 is 15.2 Å². The van der Waals surface area contributed by atoms with Gasteiger partial charge in [-0.3, -0.25) is 4.79 Å². The van der Waals surface area contributed by atoms with Gasteiger partial charge >= 0.3 is 5.97 Å². The Labute approximate surface area is 99.5 Å². The Hall–Kier alpha value is -0.130. The van der Waals surface area contributed by atoms with Gasteiger partial charge in [0, 0.05) is 13.2 Å². The Morgan fingerprint density at radius 2 is 2.27 bits per heavy atom. The summed E-state index contributed by atoms with van der Waals surface area (Å²) in [5, 5.41) is 11.9. The van der Waals surface area contributed by atoms with Crippen LogP contribution in [-0.4, -0.2) is 42.7 Å². The Balaban J connectivity index is 3.34. The zero-order chi connectivity index (χ0) is 11.7. The predicted octanol–water partition coefficient (Wildman–Crippen LogP) is 0.921. The first-order chi connectivity index (χ1) is 7.11. The first-order valence-corrected chi connectivity index (χ1v) is 6.06. The van der Waals surface area contributed by atoms with Crippen LogP contribution in [0.25, 0.3) is 0 Å². The van der Waals surface area contributed by atoms with Gasteiger partial charge in [-0.15, -0.1) is 0 Å². The van der Waals surface area contributed by atoms with Gasteiger partial charge in [-0.05, 0) is 25.3 Å². The number of aliphatic hydroxyl groups is 1. The van der Waals surface area contributed by atoms with Crippen molar-refractivity contribution in [3.8, 4) is 0 Å². The number of carbonyl (C=O) groups excluding carboxylic acids is 1. The van der Waals surface area contributed by atoms with E-state index in [1.807, 2.05) is 6.92 Å². The first kappa shape index (κ1) is 14.9. The molecule has 0 rings (SSSR count). The maximum atomic E-state index is 11.0. The van der Waals surface area contributed by atoms with E-state index >= 15 is 0 Å². The highest BCUT2D eigenvalue weighted by atomic mass is 79.9. The number of aliphatic hydroxyl groups excluding tert-OH is 1. The van der Waals surface area contributed by atoms with E-state index < -0.39 is 0 Å². The Kier molecular flexibility index (Phi) is 9.04. The van der Waals surface area contributed by atoms with Crippen molar-refractivity contribution < 1.29 is 14.6 Å². The molecule has 2 N–H and O–H groups in total. The minimum absolute atomic E-state index is 0.239. The van der Waals surface area contributed by atoms with E-state index in [-0.39, 0.29) is 17.4 Å². The average molecular weight is 282 g/mol. The molecular formula is C10H20BrNO3. The lowest BCUT2D eigenvalue weighted by Gasteiger charge is -2.10. The number of carbonyl (C=O) groups is 1. The molecule has 0 aromatic rings. The molecule has 0 fully saturated rings. The highest BCUT2D eigenvalue weighted by molar-refractivity contribution is 9.10. The standard InChI is InChI=1S/C10H20BrNO3/c1-8(7-13)4-3-5-12-6-9(11)10(14)15-2/h8-9,12-13H,3-7H2,1-2H3. The molecule has 0 aliphatic heterocycles. The van der Waals surface area contributed by atoms with Crippen molar-refractivity contribution in [3.63, 3.8) is 0 Å². The molecule has 0 aromatic carbocycles. The van der Waals surface area contributed by atoms with Crippen molar-refractivity contribution in [3.05, 3.63) is 0 Å². The Bertz CT molecular complexity index is 178. The molecule has 4 nitrogen and oxygen atoms in total. The van der Waals surface area contributed by atoms with Crippen molar-refractivity contribution >= 4 is 21.9 Å². The third-order valence-corrected chi connectivity index (χ3v) is 2.84. The van der Waals surface area contributed by atoms with E-state index in [4.69, 9.17) is 5.11 Å². The largest absolute Gasteiger partial charge is 0.468 e. The minimum Gasteiger partial charge on any atom is -0.468 e. The van der Waals surface area contributed by atoms with Gasteiger partial charge in [0.1, 0.15) is 4.83 Å². The fraction of sp³-hybridized carbons (Fsp3) is 0.900. The van der Waals surface area contributed by atoms with Crippen LogP contribution in [0, 0.1) is 5.92 Å². The van der Waals surface area contributed by atoms with E-state index in [2.05, 4.69) is 26.0 Å². The number of nitrogens with one attached hydrogen (secondary N) is 1. The fourth-order valence-corrected chi connectivity index (χ4v) is 1.52. The lowest BCUT2D eigenvalue weighted by molar-refractivity contribution is -0.139. The summed E-state index contributed by atoms with van der Waals surface area (Å²) in [6, 6.07) is 0. The van der Waals surface area contributed by atoms with Crippen molar-refractivity contribution in [1.82, 2.24) is 5.32 Å². The normalized spacial score (nSPS) is 14.7. The van der Waals surface area contributed by atoms with Crippen LogP contribution in [0.4, 0.5) is 0 Å². The number of rotatable bonds is 8. The number of alkyl halides is 1. The number of esters is 1. The number of hydrogen-bond donors (Lipinski definition) is 2. The van der Waals surface area contributed by atoms with Crippen LogP contribution in [0.3, 0.4) is 0 Å². The molecule has 0 radical (unpaired) electrons. The molecule has 0 aromatic heterocycles. The molecule has 0 saturated heterocycles. The van der Waals surface area contributed by atoms with Crippen LogP contribution in [-0.2, 0) is 9.53 Å². The summed E-state index contributed by atoms with van der Waals surface area (Å²) in [6.45, 7) is 3.68. The Morgan fingerprint density at radius 3 is 2.80 bits per heavy atom. The van der Waals surface area contributed by atoms with Crippen molar-refractivity contribution in [2.24, 2.45) is 5.92 Å². The Morgan fingerprint density at radius 1 is 1.60 bits per heavy atom. The molecule has 0 amide bonds. The summed E-state index contributed by atoms with van der Waals surface area (Å²) in [7, 11) is 1.37. The second-order valence-electron chi connectivity index (χ2n) is 3.62. The number of halogens is 1. The van der Waals surface area contributed by atoms with Gasteiger partial charge in [-0.2, -0.15) is 0 Å².